The Hall–Kier alpha value is -2.24. The first-order valence-electron chi connectivity index (χ1n) is 11.7. The zero-order valence-corrected chi connectivity index (χ0v) is 19.2. The standard InChI is InChI=1S/C25H38O6/c1-4-5-6-11-22(29-18(2)26)17-23(30-19(3)27)14-12-20-13-15-24(28)25(16-20)31-21-9-7-8-10-21/h13,15-16,21-23,28H,4-12,14,17H2,1-3H3/t22-,23+/m0/s1. The van der Waals surface area contributed by atoms with Crippen LogP contribution < -0.4 is 4.74 Å². The highest BCUT2D eigenvalue weighted by Crippen LogP contribution is 2.32. The van der Waals surface area contributed by atoms with Crippen molar-refractivity contribution in [3.8, 4) is 11.5 Å². The molecule has 0 aliphatic heterocycles. The SMILES string of the molecule is CCCCC[C@@H](C[C@@H](CCc1ccc(O)c(OC2CCCC2)c1)OC(C)=O)OC(C)=O. The fourth-order valence-corrected chi connectivity index (χ4v) is 4.16. The van der Waals surface area contributed by atoms with Crippen molar-refractivity contribution in [2.45, 2.75) is 110 Å². The number of aromatic hydroxyl groups is 1. The van der Waals surface area contributed by atoms with Gasteiger partial charge in [0.1, 0.15) is 12.2 Å². The van der Waals surface area contributed by atoms with Crippen molar-refractivity contribution < 1.29 is 28.9 Å². The lowest BCUT2D eigenvalue weighted by atomic mass is 9.99. The minimum absolute atomic E-state index is 0.151. The second-order valence-corrected chi connectivity index (χ2v) is 8.56. The zero-order chi connectivity index (χ0) is 22.6. The number of unbranched alkanes of at least 4 members (excludes halogenated alkanes) is 2. The van der Waals surface area contributed by atoms with Crippen LogP contribution in [0.4, 0.5) is 0 Å². The maximum absolute atomic E-state index is 11.6. The zero-order valence-electron chi connectivity index (χ0n) is 19.2. The molecule has 1 aliphatic rings. The van der Waals surface area contributed by atoms with Gasteiger partial charge in [0.2, 0.25) is 0 Å². The van der Waals surface area contributed by atoms with Crippen molar-refractivity contribution in [1.29, 1.82) is 0 Å². The summed E-state index contributed by atoms with van der Waals surface area (Å²) >= 11 is 0. The molecule has 0 unspecified atom stereocenters. The summed E-state index contributed by atoms with van der Waals surface area (Å²) in [5, 5.41) is 10.2. The number of rotatable bonds is 13. The average molecular weight is 435 g/mol. The molecular formula is C25H38O6. The van der Waals surface area contributed by atoms with Crippen LogP contribution in [0.3, 0.4) is 0 Å². The van der Waals surface area contributed by atoms with Gasteiger partial charge in [-0.2, -0.15) is 0 Å². The van der Waals surface area contributed by atoms with Crippen molar-refractivity contribution in [3.63, 3.8) is 0 Å². The molecule has 0 amide bonds. The lowest BCUT2D eigenvalue weighted by molar-refractivity contribution is -0.153. The van der Waals surface area contributed by atoms with Crippen molar-refractivity contribution >= 4 is 11.9 Å². The Labute approximate surface area is 186 Å². The van der Waals surface area contributed by atoms with E-state index in [1.165, 1.54) is 13.8 Å². The van der Waals surface area contributed by atoms with Crippen molar-refractivity contribution in [2.75, 3.05) is 0 Å². The van der Waals surface area contributed by atoms with E-state index in [-0.39, 0.29) is 36.0 Å². The second kappa shape index (κ2) is 13.2. The third-order valence-electron chi connectivity index (χ3n) is 5.70. The molecule has 1 aromatic rings. The smallest absolute Gasteiger partial charge is 0.302 e. The van der Waals surface area contributed by atoms with Crippen LogP contribution in [-0.2, 0) is 25.5 Å². The summed E-state index contributed by atoms with van der Waals surface area (Å²) in [6.45, 7) is 4.94. The van der Waals surface area contributed by atoms with Gasteiger partial charge in [-0.3, -0.25) is 9.59 Å². The van der Waals surface area contributed by atoms with Gasteiger partial charge in [-0.05, 0) is 69.1 Å². The Bertz CT molecular complexity index is 695. The van der Waals surface area contributed by atoms with E-state index in [0.717, 1.165) is 56.9 Å². The predicted octanol–water partition coefficient (Wildman–Crippen LogP) is 5.48. The summed E-state index contributed by atoms with van der Waals surface area (Å²) in [7, 11) is 0. The van der Waals surface area contributed by atoms with E-state index in [4.69, 9.17) is 14.2 Å². The molecule has 0 bridgehead atoms. The lowest BCUT2D eigenvalue weighted by Crippen LogP contribution is -2.27. The largest absolute Gasteiger partial charge is 0.504 e. The summed E-state index contributed by atoms with van der Waals surface area (Å²) in [5.41, 5.74) is 1.01. The van der Waals surface area contributed by atoms with Crippen LogP contribution in [0.25, 0.3) is 0 Å². The number of carbonyl (C=O) groups excluding carboxylic acids is 2. The summed E-state index contributed by atoms with van der Waals surface area (Å²) in [6, 6.07) is 5.41. The van der Waals surface area contributed by atoms with Crippen molar-refractivity contribution in [1.82, 2.24) is 0 Å². The third-order valence-corrected chi connectivity index (χ3v) is 5.70. The van der Waals surface area contributed by atoms with Gasteiger partial charge in [0.25, 0.3) is 0 Å². The molecule has 2 rings (SSSR count). The van der Waals surface area contributed by atoms with E-state index in [1.54, 1.807) is 6.07 Å². The van der Waals surface area contributed by atoms with Gasteiger partial charge in [-0.1, -0.05) is 25.8 Å². The minimum Gasteiger partial charge on any atom is -0.504 e. The Morgan fingerprint density at radius 3 is 2.29 bits per heavy atom. The number of phenols is 1. The predicted molar refractivity (Wildman–Crippen MR) is 119 cm³/mol. The van der Waals surface area contributed by atoms with Crippen molar-refractivity contribution in [3.05, 3.63) is 23.8 Å². The summed E-state index contributed by atoms with van der Waals surface area (Å²) in [5.74, 6) is 0.0234. The van der Waals surface area contributed by atoms with Gasteiger partial charge in [-0.15, -0.1) is 0 Å². The Balaban J connectivity index is 1.99. The lowest BCUT2D eigenvalue weighted by Gasteiger charge is -2.23. The van der Waals surface area contributed by atoms with Gasteiger partial charge in [0, 0.05) is 20.3 Å². The number of aryl methyl sites for hydroxylation is 1. The van der Waals surface area contributed by atoms with E-state index >= 15 is 0 Å². The van der Waals surface area contributed by atoms with Crippen LogP contribution in [0.15, 0.2) is 18.2 Å². The molecule has 0 heterocycles. The molecule has 174 valence electrons. The summed E-state index contributed by atoms with van der Waals surface area (Å²) in [6.07, 6.45) is 9.62. The topological polar surface area (TPSA) is 82.1 Å². The Morgan fingerprint density at radius 2 is 1.68 bits per heavy atom. The molecule has 1 aromatic carbocycles. The number of esters is 2. The molecule has 0 saturated heterocycles. The van der Waals surface area contributed by atoms with Crippen LogP contribution in [0.1, 0.15) is 90.5 Å². The van der Waals surface area contributed by atoms with E-state index in [1.807, 2.05) is 12.1 Å². The molecule has 6 heteroatoms. The van der Waals surface area contributed by atoms with Gasteiger partial charge < -0.3 is 19.3 Å². The number of benzene rings is 1. The van der Waals surface area contributed by atoms with Gasteiger partial charge in [-0.25, -0.2) is 0 Å². The van der Waals surface area contributed by atoms with E-state index in [0.29, 0.717) is 25.0 Å². The van der Waals surface area contributed by atoms with E-state index < -0.39 is 0 Å². The molecule has 1 aliphatic carbocycles. The van der Waals surface area contributed by atoms with Crippen LogP contribution in [0, 0.1) is 0 Å². The Kier molecular flexibility index (Phi) is 10.7. The van der Waals surface area contributed by atoms with Crippen LogP contribution in [-0.4, -0.2) is 35.4 Å². The first-order chi connectivity index (χ1) is 14.9. The first kappa shape index (κ1) is 25.0. The number of carbonyl (C=O) groups is 2. The maximum atomic E-state index is 11.6. The fraction of sp³-hybridized carbons (Fsp3) is 0.680. The monoisotopic (exact) mass is 434 g/mol. The molecular weight excluding hydrogens is 396 g/mol. The third kappa shape index (κ3) is 9.62. The van der Waals surface area contributed by atoms with Crippen LogP contribution >= 0.6 is 0 Å². The quantitative estimate of drug-likeness (QED) is 0.327. The van der Waals surface area contributed by atoms with E-state index in [2.05, 4.69) is 6.92 Å². The molecule has 1 N–H and O–H groups in total. The maximum Gasteiger partial charge on any atom is 0.302 e. The minimum atomic E-state index is -0.337. The number of hydrogen-bond acceptors (Lipinski definition) is 6. The van der Waals surface area contributed by atoms with Crippen LogP contribution in [0.5, 0.6) is 11.5 Å². The number of ether oxygens (including phenoxy) is 3. The van der Waals surface area contributed by atoms with Crippen LogP contribution in [0.2, 0.25) is 0 Å². The summed E-state index contributed by atoms with van der Waals surface area (Å²) in [4.78, 5) is 23.2. The van der Waals surface area contributed by atoms with Crippen molar-refractivity contribution in [2.24, 2.45) is 0 Å². The molecule has 1 saturated carbocycles. The highest BCUT2D eigenvalue weighted by molar-refractivity contribution is 5.66. The number of hydrogen-bond donors (Lipinski definition) is 1. The molecule has 0 spiro atoms. The normalized spacial score (nSPS) is 16.0. The highest BCUT2D eigenvalue weighted by atomic mass is 16.6. The average Bonchev–Trinajstić information content (AvgIpc) is 3.20. The van der Waals surface area contributed by atoms with Gasteiger partial charge >= 0.3 is 11.9 Å². The molecule has 2 atom stereocenters. The first-order valence-corrected chi connectivity index (χ1v) is 11.7. The van der Waals surface area contributed by atoms with Gasteiger partial charge in [0.15, 0.2) is 11.5 Å². The molecule has 1 fully saturated rings. The second-order valence-electron chi connectivity index (χ2n) is 8.56. The highest BCUT2D eigenvalue weighted by Gasteiger charge is 2.22. The number of phenolic OH excluding ortho intramolecular Hbond substituents is 1. The molecule has 0 aromatic heterocycles. The molecule has 6 nitrogen and oxygen atoms in total. The fourth-order valence-electron chi connectivity index (χ4n) is 4.16. The molecule has 0 radical (unpaired) electrons. The summed E-state index contributed by atoms with van der Waals surface area (Å²) < 4.78 is 17.0. The van der Waals surface area contributed by atoms with E-state index in [9.17, 15) is 14.7 Å². The Morgan fingerprint density at radius 1 is 1.03 bits per heavy atom. The van der Waals surface area contributed by atoms with Gasteiger partial charge in [0.05, 0.1) is 6.10 Å². The molecule has 31 heavy (non-hydrogen) atoms.